The highest BCUT2D eigenvalue weighted by molar-refractivity contribution is 6.03. The van der Waals surface area contributed by atoms with Crippen LogP contribution in [0.3, 0.4) is 0 Å². The van der Waals surface area contributed by atoms with E-state index in [-0.39, 0.29) is 11.7 Å². The maximum absolute atomic E-state index is 12.5. The number of aromatic amines is 1. The van der Waals surface area contributed by atoms with Gasteiger partial charge in [-0.05, 0) is 42.8 Å². The van der Waals surface area contributed by atoms with Crippen LogP contribution >= 0.6 is 0 Å². The first-order chi connectivity index (χ1) is 12.7. The summed E-state index contributed by atoms with van der Waals surface area (Å²) in [6, 6.07) is 16.6. The molecule has 0 spiro atoms. The van der Waals surface area contributed by atoms with Crippen LogP contribution in [0, 0.1) is 6.92 Å². The molecule has 2 aromatic heterocycles. The summed E-state index contributed by atoms with van der Waals surface area (Å²) in [5, 5.41) is 2.84. The van der Waals surface area contributed by atoms with Crippen LogP contribution in [0.1, 0.15) is 16.2 Å². The smallest absolute Gasteiger partial charge is 0.291 e. The second-order valence-electron chi connectivity index (χ2n) is 5.83. The summed E-state index contributed by atoms with van der Waals surface area (Å²) >= 11 is 0. The number of nitrogens with zero attached hydrogens (tertiary/aromatic N) is 2. The third-order valence-corrected chi connectivity index (χ3v) is 3.89. The maximum Gasteiger partial charge on any atom is 0.291 e. The first kappa shape index (κ1) is 15.8. The first-order valence-electron chi connectivity index (χ1n) is 8.14. The van der Waals surface area contributed by atoms with Crippen molar-refractivity contribution in [1.82, 2.24) is 15.0 Å². The number of pyridine rings is 1. The standard InChI is InChI=1S/C20H16N4O2/c1-13-5-2-9-17-18(13)24-19(23-17)20(25)22-14-6-3-7-15(11-14)26-16-8-4-10-21-12-16/h2-12H,1H3,(H,22,25)(H,23,24). The molecular formula is C20H16N4O2. The topological polar surface area (TPSA) is 79.9 Å². The average Bonchev–Trinajstić information content (AvgIpc) is 3.09. The number of carbonyl (C=O) groups excluding carboxylic acids is 1. The van der Waals surface area contributed by atoms with E-state index < -0.39 is 0 Å². The van der Waals surface area contributed by atoms with Crippen molar-refractivity contribution in [3.8, 4) is 11.5 Å². The second kappa shape index (κ2) is 6.68. The highest BCUT2D eigenvalue weighted by Gasteiger charge is 2.13. The number of nitrogens with one attached hydrogen (secondary N) is 2. The normalized spacial score (nSPS) is 10.7. The molecule has 0 atom stereocenters. The molecule has 6 heteroatoms. The van der Waals surface area contributed by atoms with Gasteiger partial charge in [0.1, 0.15) is 11.5 Å². The van der Waals surface area contributed by atoms with Crippen molar-refractivity contribution >= 4 is 22.6 Å². The van der Waals surface area contributed by atoms with E-state index in [4.69, 9.17) is 4.74 Å². The number of ether oxygens (including phenoxy) is 1. The van der Waals surface area contributed by atoms with E-state index in [9.17, 15) is 4.79 Å². The quantitative estimate of drug-likeness (QED) is 0.578. The number of H-pyrrole nitrogens is 1. The Morgan fingerprint density at radius 1 is 1.08 bits per heavy atom. The maximum atomic E-state index is 12.5. The van der Waals surface area contributed by atoms with Gasteiger partial charge in [-0.1, -0.05) is 18.2 Å². The molecule has 2 aromatic carbocycles. The lowest BCUT2D eigenvalue weighted by atomic mass is 10.2. The van der Waals surface area contributed by atoms with E-state index in [0.717, 1.165) is 16.6 Å². The third-order valence-electron chi connectivity index (χ3n) is 3.89. The van der Waals surface area contributed by atoms with Gasteiger partial charge in [0.2, 0.25) is 0 Å². The highest BCUT2D eigenvalue weighted by Crippen LogP contribution is 2.24. The number of imidazole rings is 1. The van der Waals surface area contributed by atoms with Gasteiger partial charge in [0, 0.05) is 18.0 Å². The van der Waals surface area contributed by atoms with E-state index >= 15 is 0 Å². The Balaban J connectivity index is 1.53. The molecule has 0 radical (unpaired) electrons. The summed E-state index contributed by atoms with van der Waals surface area (Å²) in [6.07, 6.45) is 3.31. The number of hydrogen-bond donors (Lipinski definition) is 2. The molecule has 6 nitrogen and oxygen atoms in total. The Morgan fingerprint density at radius 2 is 1.92 bits per heavy atom. The predicted octanol–water partition coefficient (Wildman–Crippen LogP) is 4.31. The number of fused-ring (bicyclic) bond motifs is 1. The number of anilines is 1. The molecule has 0 aliphatic heterocycles. The van der Waals surface area contributed by atoms with Gasteiger partial charge in [-0.2, -0.15) is 0 Å². The molecule has 0 aliphatic carbocycles. The van der Waals surface area contributed by atoms with Gasteiger partial charge < -0.3 is 15.0 Å². The fraction of sp³-hybridized carbons (Fsp3) is 0.0500. The summed E-state index contributed by atoms with van der Waals surface area (Å²) in [7, 11) is 0. The van der Waals surface area contributed by atoms with E-state index in [1.165, 1.54) is 0 Å². The Kier molecular flexibility index (Phi) is 4.07. The first-order valence-corrected chi connectivity index (χ1v) is 8.14. The van der Waals surface area contributed by atoms with Crippen LogP contribution in [-0.2, 0) is 0 Å². The minimum Gasteiger partial charge on any atom is -0.456 e. The minimum absolute atomic E-state index is 0.271. The Morgan fingerprint density at radius 3 is 2.73 bits per heavy atom. The number of aromatic nitrogens is 3. The van der Waals surface area contributed by atoms with Crippen LogP contribution in [-0.4, -0.2) is 20.9 Å². The van der Waals surface area contributed by atoms with Gasteiger partial charge in [-0.15, -0.1) is 0 Å². The summed E-state index contributed by atoms with van der Waals surface area (Å²) in [5.74, 6) is 1.20. The van der Waals surface area contributed by atoms with Gasteiger partial charge >= 0.3 is 0 Å². The minimum atomic E-state index is -0.306. The summed E-state index contributed by atoms with van der Waals surface area (Å²) in [6.45, 7) is 1.96. The van der Waals surface area contributed by atoms with Crippen molar-refractivity contribution in [3.63, 3.8) is 0 Å². The number of para-hydroxylation sites is 1. The molecule has 0 saturated carbocycles. The molecule has 0 bridgehead atoms. The van der Waals surface area contributed by atoms with Crippen LogP contribution in [0.5, 0.6) is 11.5 Å². The van der Waals surface area contributed by atoms with Gasteiger partial charge in [-0.3, -0.25) is 9.78 Å². The third kappa shape index (κ3) is 3.25. The van der Waals surface area contributed by atoms with Gasteiger partial charge in [-0.25, -0.2) is 4.98 Å². The molecule has 4 aromatic rings. The van der Waals surface area contributed by atoms with E-state index in [1.54, 1.807) is 30.6 Å². The van der Waals surface area contributed by atoms with Crippen LogP contribution in [0.25, 0.3) is 11.0 Å². The molecule has 128 valence electrons. The van der Waals surface area contributed by atoms with Crippen LogP contribution in [0.4, 0.5) is 5.69 Å². The van der Waals surface area contributed by atoms with Gasteiger partial charge in [0.25, 0.3) is 5.91 Å². The van der Waals surface area contributed by atoms with E-state index in [0.29, 0.717) is 17.2 Å². The number of carbonyl (C=O) groups is 1. The molecule has 0 fully saturated rings. The Hall–Kier alpha value is -3.67. The molecule has 26 heavy (non-hydrogen) atoms. The molecule has 0 saturated heterocycles. The number of aryl methyl sites for hydroxylation is 1. The zero-order valence-corrected chi connectivity index (χ0v) is 14.1. The monoisotopic (exact) mass is 344 g/mol. The molecular weight excluding hydrogens is 328 g/mol. The lowest BCUT2D eigenvalue weighted by Gasteiger charge is -2.08. The summed E-state index contributed by atoms with van der Waals surface area (Å²) < 4.78 is 5.73. The van der Waals surface area contributed by atoms with Crippen molar-refractivity contribution in [3.05, 3.63) is 78.4 Å². The summed E-state index contributed by atoms with van der Waals surface area (Å²) in [4.78, 5) is 24.0. The van der Waals surface area contributed by atoms with Gasteiger partial charge in [0.15, 0.2) is 5.82 Å². The van der Waals surface area contributed by atoms with Crippen LogP contribution < -0.4 is 10.1 Å². The lowest BCUT2D eigenvalue weighted by molar-refractivity contribution is 0.101. The molecule has 1 amide bonds. The van der Waals surface area contributed by atoms with E-state index in [1.807, 2.05) is 43.3 Å². The molecule has 2 heterocycles. The SMILES string of the molecule is Cc1cccc2[nH]c(C(=O)Nc3cccc(Oc4cccnc4)c3)nc12. The fourth-order valence-electron chi connectivity index (χ4n) is 2.65. The van der Waals surface area contributed by atoms with Crippen molar-refractivity contribution in [2.75, 3.05) is 5.32 Å². The highest BCUT2D eigenvalue weighted by atomic mass is 16.5. The van der Waals surface area contributed by atoms with Gasteiger partial charge in [0.05, 0.1) is 17.2 Å². The second-order valence-corrected chi connectivity index (χ2v) is 5.83. The molecule has 0 unspecified atom stereocenters. The number of benzene rings is 2. The van der Waals surface area contributed by atoms with Crippen LogP contribution in [0.15, 0.2) is 67.0 Å². The Labute approximate surface area is 149 Å². The Bertz CT molecular complexity index is 1070. The van der Waals surface area contributed by atoms with E-state index in [2.05, 4.69) is 20.3 Å². The van der Waals surface area contributed by atoms with Crippen molar-refractivity contribution in [1.29, 1.82) is 0 Å². The van der Waals surface area contributed by atoms with Crippen molar-refractivity contribution in [2.45, 2.75) is 6.92 Å². The summed E-state index contributed by atoms with van der Waals surface area (Å²) in [5.41, 5.74) is 3.27. The lowest BCUT2D eigenvalue weighted by Crippen LogP contribution is -2.13. The van der Waals surface area contributed by atoms with Crippen molar-refractivity contribution < 1.29 is 9.53 Å². The number of amides is 1. The molecule has 2 N–H and O–H groups in total. The number of hydrogen-bond acceptors (Lipinski definition) is 4. The zero-order valence-electron chi connectivity index (χ0n) is 14.1. The average molecular weight is 344 g/mol. The largest absolute Gasteiger partial charge is 0.456 e. The molecule has 4 rings (SSSR count). The van der Waals surface area contributed by atoms with Crippen LogP contribution in [0.2, 0.25) is 0 Å². The van der Waals surface area contributed by atoms with Crippen molar-refractivity contribution in [2.24, 2.45) is 0 Å². The number of rotatable bonds is 4. The fourth-order valence-corrected chi connectivity index (χ4v) is 2.65. The molecule has 0 aliphatic rings. The predicted molar refractivity (Wildman–Crippen MR) is 99.5 cm³/mol. The zero-order chi connectivity index (χ0) is 17.9.